The summed E-state index contributed by atoms with van der Waals surface area (Å²) in [7, 11) is 0. The number of alkyl halides is 3. The zero-order chi connectivity index (χ0) is 26.6. The maximum Gasteiger partial charge on any atom is 0.490 e. The van der Waals surface area contributed by atoms with E-state index >= 15 is 0 Å². The molecule has 4 unspecified atom stereocenters. The summed E-state index contributed by atoms with van der Waals surface area (Å²) in [6, 6.07) is 4.45. The van der Waals surface area contributed by atoms with Crippen LogP contribution in [0.25, 0.3) is 0 Å². The van der Waals surface area contributed by atoms with Crippen molar-refractivity contribution in [2.45, 2.75) is 63.7 Å². The third-order valence-corrected chi connectivity index (χ3v) is 8.68. The van der Waals surface area contributed by atoms with Gasteiger partial charge >= 0.3 is 12.1 Å². The Hall–Kier alpha value is -1.50. The summed E-state index contributed by atoms with van der Waals surface area (Å²) in [4.78, 5) is 14.3. The summed E-state index contributed by atoms with van der Waals surface area (Å²) in [5.41, 5.74) is 3.13. The highest BCUT2D eigenvalue weighted by atomic mass is 32.1. The molecule has 206 valence electrons. The van der Waals surface area contributed by atoms with E-state index in [0.29, 0.717) is 17.6 Å². The van der Waals surface area contributed by atoms with Crippen molar-refractivity contribution in [1.29, 1.82) is 0 Å². The molecule has 6 nitrogen and oxygen atoms in total. The second kappa shape index (κ2) is 12.1. The minimum absolute atomic E-state index is 0.225. The molecule has 1 saturated carbocycles. The van der Waals surface area contributed by atoms with Gasteiger partial charge in [0, 0.05) is 39.3 Å². The maximum absolute atomic E-state index is 10.6. The monoisotopic (exact) mass is 560 g/mol. The highest BCUT2D eigenvalue weighted by molar-refractivity contribution is 7.08. The third kappa shape index (κ3) is 7.77. The molecule has 1 N–H and O–H groups in total. The summed E-state index contributed by atoms with van der Waals surface area (Å²) in [5, 5.41) is 16.0. The van der Waals surface area contributed by atoms with Crippen molar-refractivity contribution >= 4 is 28.6 Å². The first kappa shape index (κ1) is 28.5. The summed E-state index contributed by atoms with van der Waals surface area (Å²) < 4.78 is 44.3. The fraction of sp³-hybridized carbons (Fsp3) is 0.654. The topological polar surface area (TPSA) is 62.2 Å². The van der Waals surface area contributed by atoms with Gasteiger partial charge in [0.2, 0.25) is 0 Å². The second-order valence-electron chi connectivity index (χ2n) is 10.5. The van der Waals surface area contributed by atoms with Crippen molar-refractivity contribution in [2.75, 3.05) is 39.3 Å². The predicted molar refractivity (Wildman–Crippen MR) is 138 cm³/mol. The van der Waals surface area contributed by atoms with Gasteiger partial charge in [0.05, 0.1) is 24.4 Å². The van der Waals surface area contributed by atoms with E-state index in [1.807, 2.05) is 0 Å². The van der Waals surface area contributed by atoms with Gasteiger partial charge < -0.3 is 14.6 Å². The molecule has 5 rings (SSSR count). The highest BCUT2D eigenvalue weighted by Gasteiger charge is 2.43. The first-order valence-electron chi connectivity index (χ1n) is 12.6. The molecule has 0 aromatic carbocycles. The molecule has 3 fully saturated rings. The lowest BCUT2D eigenvalue weighted by molar-refractivity contribution is -0.192. The van der Waals surface area contributed by atoms with E-state index in [4.69, 9.17) is 19.4 Å². The summed E-state index contributed by atoms with van der Waals surface area (Å²) in [6.45, 7) is 11.0. The molecule has 2 aromatic heterocycles. The van der Waals surface area contributed by atoms with Crippen LogP contribution in [0, 0.1) is 5.41 Å². The molecule has 0 bridgehead atoms. The van der Waals surface area contributed by atoms with E-state index in [2.05, 4.69) is 57.3 Å². The smallest absolute Gasteiger partial charge is 0.475 e. The van der Waals surface area contributed by atoms with Gasteiger partial charge in [0.15, 0.2) is 0 Å². The standard InChI is InChI=1S/C24H34N2O2S2.C2HF3O2/c1-18-10-25(12-22(27-18)20-4-8-29-14-20)16-24(6-3-7-24)17-26-11-19(2)28-23(13-26)21-5-9-30-15-21;3-2(4,5)1(6)7/h4-5,8-9,14-15,18-19,22-23H,3,6-7,10-13,16-17H2,1-2H3;(H,6,7). The molecule has 11 heteroatoms. The fourth-order valence-electron chi connectivity index (χ4n) is 5.61. The normalized spacial score (nSPS) is 28.7. The molecule has 0 radical (unpaired) electrons. The van der Waals surface area contributed by atoms with Crippen LogP contribution in [0.15, 0.2) is 33.7 Å². The zero-order valence-corrected chi connectivity index (χ0v) is 22.8. The lowest BCUT2D eigenvalue weighted by atomic mass is 9.67. The number of hydrogen-bond acceptors (Lipinski definition) is 7. The maximum atomic E-state index is 10.6. The first-order valence-corrected chi connectivity index (χ1v) is 14.5. The Morgan fingerprint density at radius 1 is 0.946 bits per heavy atom. The third-order valence-electron chi connectivity index (χ3n) is 7.28. The number of carbonyl (C=O) groups is 1. The molecular formula is C26H35F3N2O4S2. The SMILES string of the molecule is CC1CN(CC2(CN3CC(C)OC(c4ccsc4)C3)CCC2)CC(c2ccsc2)O1.O=C(O)C(F)(F)F. The van der Waals surface area contributed by atoms with Crippen molar-refractivity contribution in [3.8, 4) is 0 Å². The van der Waals surface area contributed by atoms with Gasteiger partial charge in [-0.25, -0.2) is 4.79 Å². The van der Waals surface area contributed by atoms with Crippen LogP contribution >= 0.6 is 22.7 Å². The predicted octanol–water partition coefficient (Wildman–Crippen LogP) is 5.84. The zero-order valence-electron chi connectivity index (χ0n) is 21.2. The Balaban J connectivity index is 0.000000405. The molecule has 2 aliphatic heterocycles. The average molecular weight is 561 g/mol. The summed E-state index contributed by atoms with van der Waals surface area (Å²) >= 11 is 3.54. The number of morpholine rings is 2. The van der Waals surface area contributed by atoms with Gasteiger partial charge in [0.1, 0.15) is 0 Å². The first-order chi connectivity index (χ1) is 17.5. The van der Waals surface area contributed by atoms with Gasteiger partial charge in [-0.3, -0.25) is 9.80 Å². The number of hydrogen-bond donors (Lipinski definition) is 1. The highest BCUT2D eigenvalue weighted by Crippen LogP contribution is 2.44. The average Bonchev–Trinajstić information content (AvgIpc) is 3.51. The van der Waals surface area contributed by atoms with Gasteiger partial charge in [-0.1, -0.05) is 6.42 Å². The second-order valence-corrected chi connectivity index (χ2v) is 12.1. The van der Waals surface area contributed by atoms with Crippen molar-refractivity contribution in [3.05, 3.63) is 44.8 Å². The van der Waals surface area contributed by atoms with E-state index in [1.165, 1.54) is 43.5 Å². The number of thiophene rings is 2. The molecule has 3 aliphatic rings. The Labute approximate surface area is 224 Å². The molecule has 2 saturated heterocycles. The van der Waals surface area contributed by atoms with Crippen molar-refractivity contribution in [1.82, 2.24) is 9.80 Å². The van der Waals surface area contributed by atoms with Crippen LogP contribution < -0.4 is 0 Å². The van der Waals surface area contributed by atoms with Gasteiger partial charge in [-0.05, 0) is 76.9 Å². The molecule has 37 heavy (non-hydrogen) atoms. The summed E-state index contributed by atoms with van der Waals surface area (Å²) in [5.74, 6) is -2.76. The molecule has 2 aromatic rings. The molecule has 4 atom stereocenters. The molecule has 0 amide bonds. The Morgan fingerprint density at radius 2 is 1.38 bits per heavy atom. The van der Waals surface area contributed by atoms with Crippen LogP contribution in [0.5, 0.6) is 0 Å². The van der Waals surface area contributed by atoms with Gasteiger partial charge in [0.25, 0.3) is 0 Å². The van der Waals surface area contributed by atoms with Crippen LogP contribution in [0.2, 0.25) is 0 Å². The number of rotatable bonds is 6. The number of halogens is 3. The fourth-order valence-corrected chi connectivity index (χ4v) is 7.02. The Kier molecular flexibility index (Phi) is 9.34. The molecule has 0 spiro atoms. The quantitative estimate of drug-likeness (QED) is 0.479. The number of carboxylic acid groups (broad SMARTS) is 1. The van der Waals surface area contributed by atoms with Crippen LogP contribution in [0.3, 0.4) is 0 Å². The minimum atomic E-state index is -5.08. The molecule has 4 heterocycles. The van der Waals surface area contributed by atoms with Gasteiger partial charge in [-0.15, -0.1) is 0 Å². The van der Waals surface area contributed by atoms with Crippen LogP contribution in [0.4, 0.5) is 13.2 Å². The summed E-state index contributed by atoms with van der Waals surface area (Å²) in [6.07, 6.45) is 0.0566. The van der Waals surface area contributed by atoms with Gasteiger partial charge in [-0.2, -0.15) is 35.8 Å². The Morgan fingerprint density at radius 3 is 1.68 bits per heavy atom. The van der Waals surface area contributed by atoms with Crippen LogP contribution in [-0.2, 0) is 14.3 Å². The van der Waals surface area contributed by atoms with Crippen molar-refractivity contribution in [2.24, 2.45) is 5.41 Å². The Bertz CT molecular complexity index is 920. The molecular weight excluding hydrogens is 525 g/mol. The minimum Gasteiger partial charge on any atom is -0.475 e. The number of carboxylic acids is 1. The van der Waals surface area contributed by atoms with Crippen molar-refractivity contribution in [3.63, 3.8) is 0 Å². The van der Waals surface area contributed by atoms with Crippen LogP contribution in [-0.4, -0.2) is 78.5 Å². The van der Waals surface area contributed by atoms with Crippen molar-refractivity contribution < 1.29 is 32.5 Å². The number of aliphatic carboxylic acids is 1. The van der Waals surface area contributed by atoms with E-state index in [9.17, 15) is 13.2 Å². The number of ether oxygens (including phenoxy) is 2. The number of nitrogens with zero attached hydrogens (tertiary/aromatic N) is 2. The lowest BCUT2D eigenvalue weighted by Gasteiger charge is -2.51. The van der Waals surface area contributed by atoms with E-state index in [0.717, 1.165) is 26.2 Å². The van der Waals surface area contributed by atoms with Crippen LogP contribution in [0.1, 0.15) is 56.4 Å². The van der Waals surface area contributed by atoms with E-state index in [-0.39, 0.29) is 12.2 Å². The molecule has 1 aliphatic carbocycles. The van der Waals surface area contributed by atoms with E-state index < -0.39 is 12.1 Å². The lowest BCUT2D eigenvalue weighted by Crippen LogP contribution is -2.55. The van der Waals surface area contributed by atoms with E-state index in [1.54, 1.807) is 22.7 Å². The largest absolute Gasteiger partial charge is 0.490 e.